The number of hydrogen-bond donors (Lipinski definition) is 2. The lowest BCUT2D eigenvalue weighted by Crippen LogP contribution is -1.99. The summed E-state index contributed by atoms with van der Waals surface area (Å²) in [6.07, 6.45) is 3.16. The molecule has 0 aliphatic heterocycles. The zero-order valence-corrected chi connectivity index (χ0v) is 13.8. The van der Waals surface area contributed by atoms with Crippen LogP contribution in [-0.4, -0.2) is 21.7 Å². The third kappa shape index (κ3) is 2.49. The molecule has 0 saturated heterocycles. The van der Waals surface area contributed by atoms with Gasteiger partial charge in [-0.3, -0.25) is 5.10 Å². The highest BCUT2D eigenvalue weighted by Gasteiger charge is 2.21. The number of aromatic nitrogens is 3. The first kappa shape index (κ1) is 15.2. The smallest absolute Gasteiger partial charge is 0.173 e. The van der Waals surface area contributed by atoms with Crippen molar-refractivity contribution in [1.82, 2.24) is 14.6 Å². The monoisotopic (exact) mass is 353 g/mol. The SMILES string of the molecule is COc1ccc(Cl)cc1Nc1c(-c2ccco2)nc2c(C#N)c[nH]n12. The van der Waals surface area contributed by atoms with Crippen LogP contribution in [0, 0.1) is 11.3 Å². The molecular weight excluding hydrogens is 342 g/mol. The number of halogens is 1. The Balaban J connectivity index is 1.92. The molecule has 8 heteroatoms. The van der Waals surface area contributed by atoms with E-state index in [1.807, 2.05) is 0 Å². The summed E-state index contributed by atoms with van der Waals surface area (Å²) < 4.78 is 12.5. The van der Waals surface area contributed by atoms with Gasteiger partial charge >= 0.3 is 0 Å². The maximum absolute atomic E-state index is 9.26. The fourth-order valence-corrected chi connectivity index (χ4v) is 2.78. The summed E-state index contributed by atoms with van der Waals surface area (Å²) in [4.78, 5) is 4.54. The molecule has 4 aromatic rings. The van der Waals surface area contributed by atoms with E-state index in [9.17, 15) is 5.26 Å². The van der Waals surface area contributed by atoms with Gasteiger partial charge in [0.15, 0.2) is 22.9 Å². The van der Waals surface area contributed by atoms with E-state index in [4.69, 9.17) is 20.8 Å². The van der Waals surface area contributed by atoms with Crippen LogP contribution in [-0.2, 0) is 0 Å². The Bertz CT molecular complexity index is 1090. The molecule has 0 aliphatic carbocycles. The number of ether oxygens (including phenoxy) is 1. The number of H-pyrrole nitrogens is 1. The van der Waals surface area contributed by atoms with E-state index in [0.717, 1.165) is 0 Å². The van der Waals surface area contributed by atoms with Gasteiger partial charge in [0.05, 0.1) is 19.1 Å². The molecule has 7 nitrogen and oxygen atoms in total. The van der Waals surface area contributed by atoms with Gasteiger partial charge in [0.2, 0.25) is 0 Å². The number of hydrogen-bond acceptors (Lipinski definition) is 5. The number of furan rings is 1. The van der Waals surface area contributed by atoms with Crippen LogP contribution < -0.4 is 10.1 Å². The minimum absolute atomic E-state index is 0.430. The van der Waals surface area contributed by atoms with Gasteiger partial charge in [-0.1, -0.05) is 11.6 Å². The Kier molecular flexibility index (Phi) is 3.60. The van der Waals surface area contributed by atoms with Gasteiger partial charge in [0.25, 0.3) is 0 Å². The molecule has 0 radical (unpaired) electrons. The number of methoxy groups -OCH3 is 1. The van der Waals surface area contributed by atoms with Crippen LogP contribution >= 0.6 is 11.6 Å². The third-order valence-electron chi connectivity index (χ3n) is 3.75. The fourth-order valence-electron chi connectivity index (χ4n) is 2.61. The number of imidazole rings is 1. The third-order valence-corrected chi connectivity index (χ3v) is 3.98. The first-order valence-corrected chi connectivity index (χ1v) is 7.73. The fraction of sp³-hybridized carbons (Fsp3) is 0.0588. The van der Waals surface area contributed by atoms with E-state index >= 15 is 0 Å². The van der Waals surface area contributed by atoms with Crippen molar-refractivity contribution in [3.63, 3.8) is 0 Å². The molecule has 3 heterocycles. The van der Waals surface area contributed by atoms with Gasteiger partial charge in [-0.25, -0.2) is 9.50 Å². The highest BCUT2D eigenvalue weighted by atomic mass is 35.5. The number of aromatic amines is 1. The quantitative estimate of drug-likeness (QED) is 0.573. The topological polar surface area (TPSA) is 91.3 Å². The van der Waals surface area contributed by atoms with Crippen LogP contribution in [0.1, 0.15) is 5.56 Å². The second kappa shape index (κ2) is 5.92. The molecule has 0 amide bonds. The maximum atomic E-state index is 9.26. The molecule has 0 unspecified atom stereocenters. The summed E-state index contributed by atoms with van der Waals surface area (Å²) >= 11 is 6.11. The van der Waals surface area contributed by atoms with E-state index < -0.39 is 0 Å². The summed E-state index contributed by atoms with van der Waals surface area (Å²) in [5.74, 6) is 1.80. The van der Waals surface area contributed by atoms with E-state index in [1.165, 1.54) is 0 Å². The van der Waals surface area contributed by atoms with Gasteiger partial charge < -0.3 is 14.5 Å². The van der Waals surface area contributed by atoms with Crippen molar-refractivity contribution >= 4 is 28.8 Å². The summed E-state index contributed by atoms with van der Waals surface area (Å²) in [6.45, 7) is 0. The molecule has 0 saturated carbocycles. The van der Waals surface area contributed by atoms with Gasteiger partial charge in [-0.05, 0) is 30.3 Å². The lowest BCUT2D eigenvalue weighted by atomic mass is 10.2. The highest BCUT2D eigenvalue weighted by molar-refractivity contribution is 6.31. The van der Waals surface area contributed by atoms with E-state index in [0.29, 0.717) is 44.9 Å². The van der Waals surface area contributed by atoms with E-state index in [-0.39, 0.29) is 0 Å². The molecule has 124 valence electrons. The lowest BCUT2D eigenvalue weighted by Gasteiger charge is -2.11. The lowest BCUT2D eigenvalue weighted by molar-refractivity contribution is 0.417. The minimum Gasteiger partial charge on any atom is -0.495 e. The van der Waals surface area contributed by atoms with Gasteiger partial charge in [0, 0.05) is 11.2 Å². The number of benzene rings is 1. The molecule has 2 N–H and O–H groups in total. The van der Waals surface area contributed by atoms with Crippen LogP contribution in [0.15, 0.2) is 47.2 Å². The predicted molar refractivity (Wildman–Crippen MR) is 93.2 cm³/mol. The summed E-state index contributed by atoms with van der Waals surface area (Å²) in [6, 6.07) is 11.0. The van der Waals surface area contributed by atoms with Crippen molar-refractivity contribution in [1.29, 1.82) is 5.26 Å². The second-order valence-electron chi connectivity index (χ2n) is 5.21. The van der Waals surface area contributed by atoms with Crippen LogP contribution in [0.5, 0.6) is 5.75 Å². The van der Waals surface area contributed by atoms with Gasteiger partial charge in [-0.2, -0.15) is 5.26 Å². The molecule has 1 aromatic carbocycles. The second-order valence-corrected chi connectivity index (χ2v) is 5.65. The van der Waals surface area contributed by atoms with E-state index in [2.05, 4.69) is 21.5 Å². The van der Waals surface area contributed by atoms with Crippen LogP contribution in [0.2, 0.25) is 5.02 Å². The van der Waals surface area contributed by atoms with Crippen molar-refractivity contribution in [3.05, 3.63) is 53.4 Å². The summed E-state index contributed by atoms with van der Waals surface area (Å²) in [5, 5.41) is 16.1. The van der Waals surface area contributed by atoms with Crippen molar-refractivity contribution in [3.8, 4) is 23.3 Å². The standard InChI is InChI=1S/C17H12ClN5O2/c1-24-13-5-4-11(18)7-12(13)21-17-15(14-3-2-6-25-14)22-16-10(8-19)9-20-23(16)17/h2-7,9,20-21H,1H3. The summed E-state index contributed by atoms with van der Waals surface area (Å²) in [7, 11) is 1.58. The Morgan fingerprint density at radius 3 is 3.00 bits per heavy atom. The van der Waals surface area contributed by atoms with Crippen LogP contribution in [0.3, 0.4) is 0 Å². The zero-order chi connectivity index (χ0) is 17.4. The number of nitrogens with zero attached hydrogens (tertiary/aromatic N) is 3. The highest BCUT2D eigenvalue weighted by Crippen LogP contribution is 2.36. The van der Waals surface area contributed by atoms with Crippen molar-refractivity contribution in [2.45, 2.75) is 0 Å². The molecule has 3 aromatic heterocycles. The molecule has 0 atom stereocenters. The number of anilines is 2. The maximum Gasteiger partial charge on any atom is 0.173 e. The molecule has 4 rings (SSSR count). The van der Waals surface area contributed by atoms with Crippen LogP contribution in [0.4, 0.5) is 11.5 Å². The Morgan fingerprint density at radius 2 is 2.28 bits per heavy atom. The number of fused-ring (bicyclic) bond motifs is 1. The Labute approximate surface area is 147 Å². The zero-order valence-electron chi connectivity index (χ0n) is 13.1. The van der Waals surface area contributed by atoms with Gasteiger partial charge in [-0.15, -0.1) is 0 Å². The number of nitrogens with one attached hydrogen (secondary N) is 2. The van der Waals surface area contributed by atoms with Crippen molar-refractivity contribution < 1.29 is 9.15 Å². The normalized spacial score (nSPS) is 10.8. The minimum atomic E-state index is 0.430. The Hall–Kier alpha value is -3.37. The Morgan fingerprint density at radius 1 is 1.40 bits per heavy atom. The molecule has 0 spiro atoms. The van der Waals surface area contributed by atoms with Crippen molar-refractivity contribution in [2.75, 3.05) is 12.4 Å². The largest absolute Gasteiger partial charge is 0.495 e. The molecule has 0 bridgehead atoms. The van der Waals surface area contributed by atoms with Crippen LogP contribution in [0.25, 0.3) is 17.1 Å². The molecule has 25 heavy (non-hydrogen) atoms. The molecular formula is C17H12ClN5O2. The first-order valence-electron chi connectivity index (χ1n) is 7.35. The average molecular weight is 354 g/mol. The van der Waals surface area contributed by atoms with Gasteiger partial charge in [0.1, 0.15) is 17.4 Å². The summed E-state index contributed by atoms with van der Waals surface area (Å²) in [5.41, 5.74) is 2.16. The molecule has 0 aliphatic rings. The van der Waals surface area contributed by atoms with E-state index in [1.54, 1.807) is 54.4 Å². The number of rotatable bonds is 4. The predicted octanol–water partition coefficient (Wildman–Crippen LogP) is 4.20. The number of nitriles is 1. The molecule has 0 fully saturated rings. The first-order chi connectivity index (χ1) is 12.2. The average Bonchev–Trinajstić information content (AvgIpc) is 3.32. The van der Waals surface area contributed by atoms with Crippen molar-refractivity contribution in [2.24, 2.45) is 0 Å².